The Kier molecular flexibility index (Phi) is 12.8. The lowest BCUT2D eigenvalue weighted by Gasteiger charge is -2.14. The first kappa shape index (κ1) is 16.3. The average Bonchev–Trinajstić information content (AvgIpc) is 2.26. The van der Waals surface area contributed by atoms with Crippen LogP contribution in [0.2, 0.25) is 0 Å². The van der Waals surface area contributed by atoms with E-state index in [0.717, 1.165) is 24.3 Å². The lowest BCUT2D eigenvalue weighted by molar-refractivity contribution is 0.289. The Bertz CT molecular complexity index is 125. The minimum absolute atomic E-state index is 0.0605. The van der Waals surface area contributed by atoms with E-state index in [9.17, 15) is 0 Å². The van der Waals surface area contributed by atoms with Crippen LogP contribution in [0.4, 0.5) is 0 Å². The summed E-state index contributed by atoms with van der Waals surface area (Å²) in [5.74, 6) is 1.46. The van der Waals surface area contributed by atoms with Crippen LogP contribution in [0.5, 0.6) is 0 Å². The molecule has 0 heterocycles. The minimum Gasteiger partial charge on any atom is -0.395 e. The maximum atomic E-state index is 8.98. The highest BCUT2D eigenvalue weighted by molar-refractivity contribution is 8.08. The Balaban J connectivity index is 3.55. The number of thiol groups is 2. The van der Waals surface area contributed by atoms with E-state index < -0.39 is 0 Å². The van der Waals surface area contributed by atoms with E-state index >= 15 is 0 Å². The van der Waals surface area contributed by atoms with Gasteiger partial charge in [-0.2, -0.15) is 25.3 Å². The maximum absolute atomic E-state index is 8.98. The van der Waals surface area contributed by atoms with Crippen LogP contribution in [0.1, 0.15) is 12.8 Å². The van der Waals surface area contributed by atoms with Gasteiger partial charge in [-0.3, -0.25) is 0 Å². The smallest absolute Gasteiger partial charge is 0.0573 e. The second-order valence-electron chi connectivity index (χ2n) is 2.89. The van der Waals surface area contributed by atoms with Crippen molar-refractivity contribution in [2.45, 2.75) is 23.3 Å². The summed E-state index contributed by atoms with van der Waals surface area (Å²) in [6.45, 7) is 0.171. The van der Waals surface area contributed by atoms with Crippen molar-refractivity contribution in [1.29, 1.82) is 0 Å². The fourth-order valence-corrected chi connectivity index (χ4v) is 3.35. The molecule has 2 N–H and O–H groups in total. The van der Waals surface area contributed by atoms with Gasteiger partial charge in [0.1, 0.15) is 0 Å². The molecule has 0 aromatic heterocycles. The summed E-state index contributed by atoms with van der Waals surface area (Å²) >= 11 is 10.7. The van der Waals surface area contributed by atoms with E-state index in [1.54, 1.807) is 0 Å². The fraction of sp³-hybridized carbons (Fsp3) is 1.00. The van der Waals surface area contributed by atoms with Crippen molar-refractivity contribution in [2.75, 3.05) is 24.7 Å². The molecule has 92 valence electrons. The largest absolute Gasteiger partial charge is 0.395 e. The van der Waals surface area contributed by atoms with Crippen molar-refractivity contribution in [2.24, 2.45) is 0 Å². The van der Waals surface area contributed by atoms with Gasteiger partial charge in [0.2, 0.25) is 0 Å². The summed E-state index contributed by atoms with van der Waals surface area (Å²) in [4.78, 5) is 0. The average molecular weight is 290 g/mol. The summed E-state index contributed by atoms with van der Waals surface area (Å²) in [6, 6.07) is 0. The number of aliphatic hydroxyl groups is 2. The first-order valence-corrected chi connectivity index (χ1v) is 7.58. The van der Waals surface area contributed by atoms with Crippen LogP contribution in [0, 0.1) is 0 Å². The molecule has 0 bridgehead atoms. The van der Waals surface area contributed by atoms with Crippen molar-refractivity contribution >= 4 is 49.3 Å². The maximum Gasteiger partial charge on any atom is 0.0573 e. The molecule has 0 rings (SSSR count). The molecule has 3 nitrogen and oxygen atoms in total. The van der Waals surface area contributed by atoms with Gasteiger partial charge in [-0.25, -0.2) is 3.63 Å². The molecule has 0 spiro atoms. The summed E-state index contributed by atoms with van der Waals surface area (Å²) in [5.41, 5.74) is 0. The van der Waals surface area contributed by atoms with E-state index in [2.05, 4.69) is 25.3 Å². The molecule has 0 aliphatic heterocycles. The number of aliphatic hydroxyl groups excluding tert-OH is 2. The number of rotatable bonds is 10. The van der Waals surface area contributed by atoms with Crippen LogP contribution < -0.4 is 0 Å². The second kappa shape index (κ2) is 11.8. The van der Waals surface area contributed by atoms with Gasteiger partial charge in [-0.1, -0.05) is 0 Å². The lowest BCUT2D eigenvalue weighted by atomic mass is 10.3. The first-order valence-electron chi connectivity index (χ1n) is 4.70. The van der Waals surface area contributed by atoms with Gasteiger partial charge in [-0.05, 0) is 24.3 Å². The SMILES string of the molecule is OCC(CCS)SOSC(CO)CCS. The highest BCUT2D eigenvalue weighted by atomic mass is 32.2. The van der Waals surface area contributed by atoms with Gasteiger partial charge in [0.15, 0.2) is 0 Å². The van der Waals surface area contributed by atoms with Crippen molar-refractivity contribution in [3.8, 4) is 0 Å². The Morgan fingerprint density at radius 2 is 1.33 bits per heavy atom. The molecule has 0 aromatic rings. The van der Waals surface area contributed by atoms with Gasteiger partial charge in [0.25, 0.3) is 0 Å². The summed E-state index contributed by atoms with van der Waals surface area (Å²) < 4.78 is 5.29. The third kappa shape index (κ3) is 9.02. The van der Waals surface area contributed by atoms with E-state index in [1.165, 1.54) is 24.1 Å². The van der Waals surface area contributed by atoms with Crippen molar-refractivity contribution in [1.82, 2.24) is 0 Å². The van der Waals surface area contributed by atoms with E-state index in [-0.39, 0.29) is 23.7 Å². The number of hydrogen-bond donors (Lipinski definition) is 4. The molecule has 0 aliphatic rings. The highest BCUT2D eigenvalue weighted by Gasteiger charge is 2.12. The molecule has 0 saturated carbocycles. The molecular formula is C8H18O3S4. The van der Waals surface area contributed by atoms with Crippen LogP contribution in [0.15, 0.2) is 0 Å². The van der Waals surface area contributed by atoms with Crippen LogP contribution >= 0.6 is 49.3 Å². The summed E-state index contributed by atoms with van der Waals surface area (Å²) in [6.07, 6.45) is 1.61. The monoisotopic (exact) mass is 290 g/mol. The van der Waals surface area contributed by atoms with E-state index in [0.29, 0.717) is 0 Å². The van der Waals surface area contributed by atoms with Crippen LogP contribution in [0.25, 0.3) is 0 Å². The molecule has 7 heteroatoms. The minimum atomic E-state index is 0.0605. The fourth-order valence-electron chi connectivity index (χ4n) is 0.761. The zero-order valence-corrected chi connectivity index (χ0v) is 11.8. The third-order valence-electron chi connectivity index (χ3n) is 1.66. The quantitative estimate of drug-likeness (QED) is 0.364. The topological polar surface area (TPSA) is 49.7 Å². The van der Waals surface area contributed by atoms with Crippen molar-refractivity contribution in [3.05, 3.63) is 0 Å². The van der Waals surface area contributed by atoms with E-state index in [1.807, 2.05) is 0 Å². The predicted octanol–water partition coefficient (Wildman–Crippen LogP) is 1.66. The molecule has 0 radical (unpaired) electrons. The molecule has 0 aliphatic carbocycles. The van der Waals surface area contributed by atoms with Crippen LogP contribution in [0.3, 0.4) is 0 Å². The molecule has 2 atom stereocenters. The van der Waals surface area contributed by atoms with Crippen LogP contribution in [-0.4, -0.2) is 45.4 Å². The van der Waals surface area contributed by atoms with Gasteiger partial charge < -0.3 is 10.2 Å². The van der Waals surface area contributed by atoms with Gasteiger partial charge in [0, 0.05) is 24.1 Å². The van der Waals surface area contributed by atoms with Gasteiger partial charge in [-0.15, -0.1) is 0 Å². The Morgan fingerprint density at radius 1 is 0.933 bits per heavy atom. The second-order valence-corrected chi connectivity index (χ2v) is 6.05. The van der Waals surface area contributed by atoms with E-state index in [4.69, 9.17) is 13.8 Å². The standard InChI is InChI=1S/C8H18O3S4/c9-5-7(1-3-12)14-11-15-8(6-10)2-4-13/h7-10,12-13H,1-6H2. The van der Waals surface area contributed by atoms with Crippen molar-refractivity contribution < 1.29 is 13.8 Å². The number of hydrogen-bond acceptors (Lipinski definition) is 7. The third-order valence-corrected chi connectivity index (χ3v) is 4.12. The summed E-state index contributed by atoms with van der Waals surface area (Å²) in [7, 11) is 0. The Morgan fingerprint density at radius 3 is 1.60 bits per heavy atom. The highest BCUT2D eigenvalue weighted by Crippen LogP contribution is 2.26. The predicted molar refractivity (Wildman–Crippen MR) is 75.0 cm³/mol. The Hall–Kier alpha value is 1.28. The van der Waals surface area contributed by atoms with Gasteiger partial charge >= 0.3 is 0 Å². The van der Waals surface area contributed by atoms with Crippen LogP contribution in [-0.2, 0) is 3.63 Å². The Labute approximate surface area is 111 Å². The lowest BCUT2D eigenvalue weighted by Crippen LogP contribution is -2.12. The molecule has 15 heavy (non-hydrogen) atoms. The molecule has 2 unspecified atom stereocenters. The molecule has 0 aromatic carbocycles. The van der Waals surface area contributed by atoms with Gasteiger partial charge in [0.05, 0.1) is 23.7 Å². The molecule has 0 amide bonds. The summed E-state index contributed by atoms with van der Waals surface area (Å²) in [5, 5.41) is 18.1. The normalized spacial score (nSPS) is 15.2. The zero-order valence-electron chi connectivity index (χ0n) is 8.41. The zero-order chi connectivity index (χ0) is 11.5. The first-order chi connectivity index (χ1) is 7.28. The molecular weight excluding hydrogens is 272 g/mol. The molecule has 0 saturated heterocycles. The molecule has 0 fully saturated rings. The van der Waals surface area contributed by atoms with Crippen molar-refractivity contribution in [3.63, 3.8) is 0 Å².